The SMILES string of the molecule is COC(C)CCC(=O)NCCc1ncc[nH]1. The Bertz CT molecular complexity index is 298. The van der Waals surface area contributed by atoms with E-state index in [1.807, 2.05) is 6.92 Å². The topological polar surface area (TPSA) is 67.0 Å². The first-order valence-electron chi connectivity index (χ1n) is 5.50. The van der Waals surface area contributed by atoms with Crippen LogP contribution in [-0.2, 0) is 16.0 Å². The number of imidazole rings is 1. The molecule has 0 fully saturated rings. The summed E-state index contributed by atoms with van der Waals surface area (Å²) in [6, 6.07) is 0. The minimum Gasteiger partial charge on any atom is -0.382 e. The van der Waals surface area contributed by atoms with Crippen LogP contribution in [-0.4, -0.2) is 35.6 Å². The first-order valence-corrected chi connectivity index (χ1v) is 5.50. The second kappa shape index (κ2) is 7.00. The number of nitrogens with one attached hydrogen (secondary N) is 2. The van der Waals surface area contributed by atoms with E-state index in [9.17, 15) is 4.79 Å². The highest BCUT2D eigenvalue weighted by Gasteiger charge is 2.05. The normalized spacial score (nSPS) is 12.4. The molecular formula is C11H19N3O2. The van der Waals surface area contributed by atoms with Gasteiger partial charge in [-0.2, -0.15) is 0 Å². The van der Waals surface area contributed by atoms with E-state index >= 15 is 0 Å². The van der Waals surface area contributed by atoms with E-state index in [1.54, 1.807) is 19.5 Å². The summed E-state index contributed by atoms with van der Waals surface area (Å²) in [5, 5.41) is 2.85. The fourth-order valence-electron chi connectivity index (χ4n) is 1.30. The second-order valence-corrected chi connectivity index (χ2v) is 3.72. The van der Waals surface area contributed by atoms with Crippen molar-refractivity contribution < 1.29 is 9.53 Å². The highest BCUT2D eigenvalue weighted by atomic mass is 16.5. The Kier molecular flexibility index (Phi) is 5.56. The molecule has 1 amide bonds. The van der Waals surface area contributed by atoms with Crippen molar-refractivity contribution in [1.29, 1.82) is 0 Å². The molecule has 0 aromatic carbocycles. The van der Waals surface area contributed by atoms with Gasteiger partial charge in [-0.1, -0.05) is 0 Å². The number of carbonyl (C=O) groups excluding carboxylic acids is 1. The summed E-state index contributed by atoms with van der Waals surface area (Å²) in [4.78, 5) is 18.5. The molecule has 1 aromatic rings. The summed E-state index contributed by atoms with van der Waals surface area (Å²) in [7, 11) is 1.65. The average Bonchev–Trinajstić information content (AvgIpc) is 2.79. The van der Waals surface area contributed by atoms with Crippen LogP contribution in [0.5, 0.6) is 0 Å². The first kappa shape index (κ1) is 12.7. The zero-order valence-electron chi connectivity index (χ0n) is 9.82. The zero-order chi connectivity index (χ0) is 11.8. The lowest BCUT2D eigenvalue weighted by atomic mass is 10.2. The molecule has 5 nitrogen and oxygen atoms in total. The van der Waals surface area contributed by atoms with Crippen molar-refractivity contribution in [3.63, 3.8) is 0 Å². The minimum absolute atomic E-state index is 0.0652. The smallest absolute Gasteiger partial charge is 0.220 e. The van der Waals surface area contributed by atoms with Gasteiger partial charge < -0.3 is 15.0 Å². The van der Waals surface area contributed by atoms with Gasteiger partial charge in [-0.05, 0) is 13.3 Å². The number of aromatic amines is 1. The van der Waals surface area contributed by atoms with Crippen LogP contribution in [0, 0.1) is 0 Å². The fourth-order valence-corrected chi connectivity index (χ4v) is 1.30. The van der Waals surface area contributed by atoms with Crippen molar-refractivity contribution in [2.45, 2.75) is 32.3 Å². The van der Waals surface area contributed by atoms with E-state index in [-0.39, 0.29) is 12.0 Å². The van der Waals surface area contributed by atoms with E-state index in [1.165, 1.54) is 0 Å². The Morgan fingerprint density at radius 3 is 3.12 bits per heavy atom. The monoisotopic (exact) mass is 225 g/mol. The summed E-state index contributed by atoms with van der Waals surface area (Å²) >= 11 is 0. The summed E-state index contributed by atoms with van der Waals surface area (Å²) in [6.45, 7) is 2.57. The van der Waals surface area contributed by atoms with Gasteiger partial charge in [0.05, 0.1) is 6.10 Å². The molecule has 0 radical (unpaired) electrons. The molecule has 0 aliphatic rings. The highest BCUT2D eigenvalue weighted by Crippen LogP contribution is 1.99. The van der Waals surface area contributed by atoms with E-state index in [0.717, 1.165) is 18.7 Å². The highest BCUT2D eigenvalue weighted by molar-refractivity contribution is 5.75. The van der Waals surface area contributed by atoms with Crippen molar-refractivity contribution in [2.24, 2.45) is 0 Å². The predicted molar refractivity (Wildman–Crippen MR) is 61.0 cm³/mol. The van der Waals surface area contributed by atoms with Crippen LogP contribution in [0.25, 0.3) is 0 Å². The number of aromatic nitrogens is 2. The van der Waals surface area contributed by atoms with Crippen LogP contribution in [0.2, 0.25) is 0 Å². The first-order chi connectivity index (χ1) is 7.72. The summed E-state index contributed by atoms with van der Waals surface area (Å²) < 4.78 is 5.07. The van der Waals surface area contributed by atoms with Crippen LogP contribution < -0.4 is 5.32 Å². The molecule has 0 bridgehead atoms. The molecular weight excluding hydrogens is 206 g/mol. The lowest BCUT2D eigenvalue weighted by Crippen LogP contribution is -2.26. The Labute approximate surface area is 95.6 Å². The third-order valence-electron chi connectivity index (χ3n) is 2.42. The Hall–Kier alpha value is -1.36. The standard InChI is InChI=1S/C11H19N3O2/c1-9(16-2)3-4-11(15)14-6-5-10-12-7-8-13-10/h7-9H,3-6H2,1-2H3,(H,12,13)(H,14,15). The molecule has 1 atom stereocenters. The molecule has 1 rings (SSSR count). The number of hydrogen-bond acceptors (Lipinski definition) is 3. The van der Waals surface area contributed by atoms with E-state index < -0.39 is 0 Å². The van der Waals surface area contributed by atoms with Crippen molar-refractivity contribution in [3.8, 4) is 0 Å². The molecule has 1 unspecified atom stereocenters. The molecule has 0 aliphatic carbocycles. The number of H-pyrrole nitrogens is 1. The maximum absolute atomic E-state index is 11.4. The Morgan fingerprint density at radius 2 is 2.50 bits per heavy atom. The number of ether oxygens (including phenoxy) is 1. The van der Waals surface area contributed by atoms with Crippen LogP contribution in [0.15, 0.2) is 12.4 Å². The number of hydrogen-bond donors (Lipinski definition) is 2. The number of carbonyl (C=O) groups is 1. The van der Waals surface area contributed by atoms with E-state index in [4.69, 9.17) is 4.74 Å². The molecule has 0 aliphatic heterocycles. The summed E-state index contributed by atoms with van der Waals surface area (Å²) in [5.41, 5.74) is 0. The molecule has 2 N–H and O–H groups in total. The van der Waals surface area contributed by atoms with Gasteiger partial charge in [0.2, 0.25) is 5.91 Å². The van der Waals surface area contributed by atoms with Gasteiger partial charge >= 0.3 is 0 Å². The number of methoxy groups -OCH3 is 1. The second-order valence-electron chi connectivity index (χ2n) is 3.72. The molecule has 0 saturated carbocycles. The number of amides is 1. The van der Waals surface area contributed by atoms with Crippen molar-refractivity contribution in [1.82, 2.24) is 15.3 Å². The Morgan fingerprint density at radius 1 is 1.69 bits per heavy atom. The van der Waals surface area contributed by atoms with Crippen LogP contribution in [0.4, 0.5) is 0 Å². The molecule has 5 heteroatoms. The van der Waals surface area contributed by atoms with Crippen molar-refractivity contribution in [2.75, 3.05) is 13.7 Å². The van der Waals surface area contributed by atoms with Gasteiger partial charge in [0.25, 0.3) is 0 Å². The van der Waals surface area contributed by atoms with Gasteiger partial charge in [-0.15, -0.1) is 0 Å². The third kappa shape index (κ3) is 4.93. The summed E-state index contributed by atoms with van der Waals surface area (Å²) in [6.07, 6.45) is 5.61. The molecule has 0 saturated heterocycles. The maximum atomic E-state index is 11.4. The largest absolute Gasteiger partial charge is 0.382 e. The van der Waals surface area contributed by atoms with Gasteiger partial charge in [0, 0.05) is 38.9 Å². The van der Waals surface area contributed by atoms with Crippen LogP contribution >= 0.6 is 0 Å². The molecule has 1 heterocycles. The zero-order valence-corrected chi connectivity index (χ0v) is 9.82. The minimum atomic E-state index is 0.0652. The predicted octanol–water partition coefficient (Wildman–Crippen LogP) is 0.883. The van der Waals surface area contributed by atoms with Crippen molar-refractivity contribution in [3.05, 3.63) is 18.2 Å². The van der Waals surface area contributed by atoms with Gasteiger partial charge in [0.1, 0.15) is 5.82 Å². The molecule has 16 heavy (non-hydrogen) atoms. The fraction of sp³-hybridized carbons (Fsp3) is 0.636. The average molecular weight is 225 g/mol. The number of rotatable bonds is 7. The Balaban J connectivity index is 2.06. The van der Waals surface area contributed by atoms with Gasteiger partial charge in [0.15, 0.2) is 0 Å². The van der Waals surface area contributed by atoms with Gasteiger partial charge in [-0.25, -0.2) is 4.98 Å². The molecule has 0 spiro atoms. The van der Waals surface area contributed by atoms with E-state index in [0.29, 0.717) is 13.0 Å². The molecule has 1 aromatic heterocycles. The number of nitrogens with zero attached hydrogens (tertiary/aromatic N) is 1. The maximum Gasteiger partial charge on any atom is 0.220 e. The van der Waals surface area contributed by atoms with Gasteiger partial charge in [-0.3, -0.25) is 4.79 Å². The quantitative estimate of drug-likeness (QED) is 0.724. The van der Waals surface area contributed by atoms with Crippen LogP contribution in [0.3, 0.4) is 0 Å². The molecule has 90 valence electrons. The van der Waals surface area contributed by atoms with Crippen LogP contribution in [0.1, 0.15) is 25.6 Å². The lowest BCUT2D eigenvalue weighted by molar-refractivity contribution is -0.121. The van der Waals surface area contributed by atoms with E-state index in [2.05, 4.69) is 15.3 Å². The lowest BCUT2D eigenvalue weighted by Gasteiger charge is -2.08. The van der Waals surface area contributed by atoms with Crippen molar-refractivity contribution >= 4 is 5.91 Å². The third-order valence-corrected chi connectivity index (χ3v) is 2.42. The summed E-state index contributed by atoms with van der Waals surface area (Å²) in [5.74, 6) is 0.959.